The van der Waals surface area contributed by atoms with E-state index < -0.39 is 0 Å². The largest absolute Gasteiger partial charge is 0.310 e. The summed E-state index contributed by atoms with van der Waals surface area (Å²) in [6.45, 7) is 5.50. The van der Waals surface area contributed by atoms with E-state index in [1.54, 1.807) is 0 Å². The molecule has 0 unspecified atom stereocenters. The van der Waals surface area contributed by atoms with Crippen LogP contribution in [0, 0.1) is 0 Å². The van der Waals surface area contributed by atoms with Crippen molar-refractivity contribution >= 4 is 0 Å². The Kier molecular flexibility index (Phi) is 3.64. The summed E-state index contributed by atoms with van der Waals surface area (Å²) in [6, 6.07) is 1.54. The Morgan fingerprint density at radius 2 is 2.31 bits per heavy atom. The molecule has 0 aromatic carbocycles. The Morgan fingerprint density at radius 1 is 1.54 bits per heavy atom. The van der Waals surface area contributed by atoms with Crippen LogP contribution < -0.4 is 10.9 Å². The van der Waals surface area contributed by atoms with E-state index in [0.717, 1.165) is 18.7 Å². The van der Waals surface area contributed by atoms with Crippen molar-refractivity contribution < 1.29 is 0 Å². The topological polar surface area (TPSA) is 57.8 Å². The molecule has 0 atom stereocenters. The lowest BCUT2D eigenvalue weighted by Crippen LogP contribution is -2.19. The van der Waals surface area contributed by atoms with Crippen molar-refractivity contribution in [1.29, 1.82) is 0 Å². The molecule has 4 heteroatoms. The summed E-state index contributed by atoms with van der Waals surface area (Å²) < 4.78 is 0. The van der Waals surface area contributed by atoms with Gasteiger partial charge in [0.1, 0.15) is 5.82 Å². The lowest BCUT2D eigenvalue weighted by atomic mass is 10.3. The van der Waals surface area contributed by atoms with E-state index in [9.17, 15) is 4.79 Å². The van der Waals surface area contributed by atoms with Crippen molar-refractivity contribution in [3.8, 4) is 0 Å². The molecule has 1 heterocycles. The highest BCUT2D eigenvalue weighted by Crippen LogP contribution is 1.92. The fraction of sp³-hybridized carbons (Fsp3) is 0.556. The highest BCUT2D eigenvalue weighted by atomic mass is 16.1. The maximum absolute atomic E-state index is 11.1. The Labute approximate surface area is 77.4 Å². The van der Waals surface area contributed by atoms with Gasteiger partial charge in [-0.1, -0.05) is 13.8 Å². The van der Waals surface area contributed by atoms with Gasteiger partial charge in [-0.05, 0) is 13.0 Å². The lowest BCUT2D eigenvalue weighted by molar-refractivity contribution is 0.681. The molecule has 13 heavy (non-hydrogen) atoms. The molecule has 0 amide bonds. The Balaban J connectivity index is 2.82. The third-order valence-corrected chi connectivity index (χ3v) is 1.75. The molecule has 72 valence electrons. The molecular formula is C9H15N3O. The summed E-state index contributed by atoms with van der Waals surface area (Å²) in [6.07, 6.45) is 0.795. The summed E-state index contributed by atoms with van der Waals surface area (Å²) in [5.74, 6) is 0.714. The first kappa shape index (κ1) is 9.92. The van der Waals surface area contributed by atoms with Crippen LogP contribution in [0.5, 0.6) is 0 Å². The second-order valence-electron chi connectivity index (χ2n) is 2.82. The van der Waals surface area contributed by atoms with Crippen LogP contribution in [0.4, 0.5) is 0 Å². The van der Waals surface area contributed by atoms with Gasteiger partial charge >= 0.3 is 0 Å². The zero-order chi connectivity index (χ0) is 9.68. The summed E-state index contributed by atoms with van der Waals surface area (Å²) in [4.78, 5) is 18.1. The number of hydrogen-bond acceptors (Lipinski definition) is 3. The normalized spacial score (nSPS) is 10.3. The summed E-state index contributed by atoms with van der Waals surface area (Å²) in [5, 5.41) is 3.11. The average Bonchev–Trinajstić information content (AvgIpc) is 2.14. The van der Waals surface area contributed by atoms with Gasteiger partial charge < -0.3 is 10.3 Å². The molecule has 4 nitrogen and oxygen atoms in total. The average molecular weight is 181 g/mol. The van der Waals surface area contributed by atoms with Crippen molar-refractivity contribution in [2.45, 2.75) is 26.8 Å². The monoisotopic (exact) mass is 181 g/mol. The van der Waals surface area contributed by atoms with Crippen LogP contribution in [-0.4, -0.2) is 16.5 Å². The molecule has 0 saturated heterocycles. The molecule has 2 N–H and O–H groups in total. The number of aryl methyl sites for hydroxylation is 1. The van der Waals surface area contributed by atoms with Gasteiger partial charge in [-0.25, -0.2) is 4.98 Å². The molecule has 1 aromatic heterocycles. The van der Waals surface area contributed by atoms with Crippen LogP contribution in [0.15, 0.2) is 10.9 Å². The molecule has 0 aliphatic carbocycles. The SMILES string of the molecule is CCNCc1nc(CC)cc(=O)[nH]1. The quantitative estimate of drug-likeness (QED) is 0.708. The van der Waals surface area contributed by atoms with Gasteiger partial charge in [0.15, 0.2) is 0 Å². The van der Waals surface area contributed by atoms with Crippen molar-refractivity contribution in [2.24, 2.45) is 0 Å². The summed E-state index contributed by atoms with van der Waals surface area (Å²) in [7, 11) is 0. The molecule has 0 aliphatic rings. The first-order valence-electron chi connectivity index (χ1n) is 4.56. The predicted molar refractivity (Wildman–Crippen MR) is 51.6 cm³/mol. The molecule has 0 fully saturated rings. The molecule has 0 saturated carbocycles. The predicted octanol–water partition coefficient (Wildman–Crippen LogP) is 0.442. The van der Waals surface area contributed by atoms with Gasteiger partial charge in [0.05, 0.1) is 6.54 Å². The maximum atomic E-state index is 11.1. The number of aromatic amines is 1. The smallest absolute Gasteiger partial charge is 0.251 e. The van der Waals surface area contributed by atoms with Gasteiger partial charge in [-0.2, -0.15) is 0 Å². The standard InChI is InChI=1S/C9H15N3O/c1-3-7-5-9(13)12-8(11-7)6-10-4-2/h5,10H,3-4,6H2,1-2H3,(H,11,12,13). The Bertz CT molecular complexity index is 319. The van der Waals surface area contributed by atoms with Crippen LogP contribution in [-0.2, 0) is 13.0 Å². The minimum atomic E-state index is -0.0697. The van der Waals surface area contributed by atoms with E-state index in [4.69, 9.17) is 0 Å². The number of nitrogens with one attached hydrogen (secondary N) is 2. The fourth-order valence-corrected chi connectivity index (χ4v) is 1.07. The second kappa shape index (κ2) is 4.77. The van der Waals surface area contributed by atoms with E-state index >= 15 is 0 Å². The van der Waals surface area contributed by atoms with E-state index in [0.29, 0.717) is 12.4 Å². The second-order valence-corrected chi connectivity index (χ2v) is 2.82. The van der Waals surface area contributed by atoms with E-state index in [1.807, 2.05) is 13.8 Å². The van der Waals surface area contributed by atoms with E-state index in [1.165, 1.54) is 6.07 Å². The van der Waals surface area contributed by atoms with Gasteiger partial charge in [-0.15, -0.1) is 0 Å². The molecule has 0 radical (unpaired) electrons. The van der Waals surface area contributed by atoms with Crippen molar-refractivity contribution in [3.05, 3.63) is 27.9 Å². The zero-order valence-electron chi connectivity index (χ0n) is 8.05. The van der Waals surface area contributed by atoms with Crippen LogP contribution in [0.3, 0.4) is 0 Å². The van der Waals surface area contributed by atoms with Crippen LogP contribution in [0.1, 0.15) is 25.4 Å². The first-order valence-corrected chi connectivity index (χ1v) is 4.56. The maximum Gasteiger partial charge on any atom is 0.251 e. The third-order valence-electron chi connectivity index (χ3n) is 1.75. The van der Waals surface area contributed by atoms with Crippen LogP contribution in [0.2, 0.25) is 0 Å². The van der Waals surface area contributed by atoms with Gasteiger partial charge in [0, 0.05) is 11.8 Å². The van der Waals surface area contributed by atoms with Gasteiger partial charge in [-0.3, -0.25) is 4.79 Å². The zero-order valence-corrected chi connectivity index (χ0v) is 8.05. The van der Waals surface area contributed by atoms with Crippen LogP contribution >= 0.6 is 0 Å². The van der Waals surface area contributed by atoms with Crippen molar-refractivity contribution in [1.82, 2.24) is 15.3 Å². The van der Waals surface area contributed by atoms with Gasteiger partial charge in [0.25, 0.3) is 5.56 Å². The summed E-state index contributed by atoms with van der Waals surface area (Å²) >= 11 is 0. The lowest BCUT2D eigenvalue weighted by Gasteiger charge is -2.02. The number of H-pyrrole nitrogens is 1. The molecule has 1 rings (SSSR count). The molecule has 1 aromatic rings. The van der Waals surface area contributed by atoms with E-state index in [2.05, 4.69) is 15.3 Å². The minimum Gasteiger partial charge on any atom is -0.310 e. The molecular weight excluding hydrogens is 166 g/mol. The highest BCUT2D eigenvalue weighted by molar-refractivity contribution is 5.02. The number of rotatable bonds is 4. The summed E-state index contributed by atoms with van der Waals surface area (Å²) in [5.41, 5.74) is 0.774. The number of aromatic nitrogens is 2. The number of nitrogens with zero attached hydrogens (tertiary/aromatic N) is 1. The fourth-order valence-electron chi connectivity index (χ4n) is 1.07. The van der Waals surface area contributed by atoms with E-state index in [-0.39, 0.29) is 5.56 Å². The van der Waals surface area contributed by atoms with Crippen LogP contribution in [0.25, 0.3) is 0 Å². The highest BCUT2D eigenvalue weighted by Gasteiger charge is 1.98. The van der Waals surface area contributed by atoms with Crippen molar-refractivity contribution in [3.63, 3.8) is 0 Å². The number of hydrogen-bond donors (Lipinski definition) is 2. The Morgan fingerprint density at radius 3 is 2.92 bits per heavy atom. The first-order chi connectivity index (χ1) is 6.26. The Hall–Kier alpha value is -1.16. The molecule has 0 bridgehead atoms. The van der Waals surface area contributed by atoms with Crippen molar-refractivity contribution in [2.75, 3.05) is 6.54 Å². The van der Waals surface area contributed by atoms with Gasteiger partial charge in [0.2, 0.25) is 0 Å². The molecule has 0 spiro atoms. The third kappa shape index (κ3) is 2.99. The molecule has 0 aliphatic heterocycles. The minimum absolute atomic E-state index is 0.0697.